The number of thiophene rings is 1. The number of esters is 1. The Morgan fingerprint density at radius 2 is 2.18 bits per heavy atom. The van der Waals surface area contributed by atoms with Gasteiger partial charge >= 0.3 is 5.97 Å². The summed E-state index contributed by atoms with van der Waals surface area (Å²) in [6, 6.07) is 5.23. The number of aromatic nitrogens is 2. The van der Waals surface area contributed by atoms with Crippen LogP contribution in [0.5, 0.6) is 0 Å². The highest BCUT2D eigenvalue weighted by Gasteiger charge is 2.16. The maximum absolute atomic E-state index is 12.3. The molecule has 0 atom stereocenters. The number of carbonyl (C=O) groups is 2. The molecule has 0 saturated heterocycles. The summed E-state index contributed by atoms with van der Waals surface area (Å²) in [7, 11) is 1.33. The number of methoxy groups -OCH3 is 1. The second kappa shape index (κ2) is 5.61. The monoisotopic (exact) mass is 315 g/mol. The Hall–Kier alpha value is -2.67. The van der Waals surface area contributed by atoms with E-state index >= 15 is 0 Å². The van der Waals surface area contributed by atoms with Gasteiger partial charge in [-0.05, 0) is 30.7 Å². The van der Waals surface area contributed by atoms with Crippen LogP contribution in [0.4, 0.5) is 5.00 Å². The van der Waals surface area contributed by atoms with Crippen molar-refractivity contribution < 1.29 is 14.3 Å². The summed E-state index contributed by atoms with van der Waals surface area (Å²) in [4.78, 5) is 28.5. The number of aryl methyl sites for hydroxylation is 1. The third-order valence-corrected chi connectivity index (χ3v) is 4.31. The van der Waals surface area contributed by atoms with Gasteiger partial charge in [0.05, 0.1) is 17.7 Å². The molecule has 7 heteroatoms. The lowest BCUT2D eigenvalue weighted by atomic mass is 10.2. The molecule has 22 heavy (non-hydrogen) atoms. The predicted octanol–water partition coefficient (Wildman–Crippen LogP) is 2.74. The van der Waals surface area contributed by atoms with Crippen LogP contribution in [0, 0.1) is 6.92 Å². The van der Waals surface area contributed by atoms with Crippen molar-refractivity contribution in [2.24, 2.45) is 0 Å². The van der Waals surface area contributed by atoms with Crippen LogP contribution < -0.4 is 5.32 Å². The van der Waals surface area contributed by atoms with Gasteiger partial charge in [0.2, 0.25) is 0 Å². The number of fused-ring (bicyclic) bond motifs is 1. The third-order valence-electron chi connectivity index (χ3n) is 3.18. The molecule has 3 aromatic heterocycles. The van der Waals surface area contributed by atoms with Gasteiger partial charge in [0.25, 0.3) is 5.91 Å². The van der Waals surface area contributed by atoms with E-state index in [0.717, 1.165) is 11.2 Å². The van der Waals surface area contributed by atoms with Gasteiger partial charge in [0.1, 0.15) is 10.5 Å². The lowest BCUT2D eigenvalue weighted by Gasteiger charge is -2.03. The van der Waals surface area contributed by atoms with E-state index in [9.17, 15) is 9.59 Å². The van der Waals surface area contributed by atoms with Crippen molar-refractivity contribution in [1.82, 2.24) is 9.38 Å². The Balaban J connectivity index is 1.83. The molecule has 0 unspecified atom stereocenters. The standard InChI is InChI=1S/C15H13N3O3S/c1-9-7-12(22-13(9)15(20)21-2)17-14(19)10-3-4-11-16-5-6-18(11)8-10/h3-8H,1-2H3,(H,17,19). The lowest BCUT2D eigenvalue weighted by molar-refractivity contribution is 0.0605. The summed E-state index contributed by atoms with van der Waals surface area (Å²) in [5.74, 6) is -0.643. The number of nitrogens with one attached hydrogen (secondary N) is 1. The third kappa shape index (κ3) is 2.58. The summed E-state index contributed by atoms with van der Waals surface area (Å²) >= 11 is 1.19. The average Bonchev–Trinajstić information content (AvgIpc) is 3.11. The molecule has 1 N–H and O–H groups in total. The number of pyridine rings is 1. The molecule has 6 nitrogen and oxygen atoms in total. The van der Waals surface area contributed by atoms with E-state index in [1.807, 2.05) is 0 Å². The summed E-state index contributed by atoms with van der Waals surface area (Å²) in [6.07, 6.45) is 5.15. The Morgan fingerprint density at radius 1 is 1.36 bits per heavy atom. The summed E-state index contributed by atoms with van der Waals surface area (Å²) < 4.78 is 6.48. The van der Waals surface area contributed by atoms with Gasteiger partial charge in [-0.2, -0.15) is 0 Å². The molecule has 3 aromatic rings. The number of imidazole rings is 1. The fraction of sp³-hybridized carbons (Fsp3) is 0.133. The van der Waals surface area contributed by atoms with Crippen LogP contribution in [0.25, 0.3) is 5.65 Å². The smallest absolute Gasteiger partial charge is 0.348 e. The molecule has 0 fully saturated rings. The molecule has 0 aromatic carbocycles. The second-order valence-corrected chi connectivity index (χ2v) is 5.73. The first-order chi connectivity index (χ1) is 10.6. The van der Waals surface area contributed by atoms with Crippen LogP contribution >= 0.6 is 11.3 Å². The van der Waals surface area contributed by atoms with Gasteiger partial charge < -0.3 is 14.5 Å². The quantitative estimate of drug-likeness (QED) is 0.754. The van der Waals surface area contributed by atoms with Crippen LogP contribution in [0.3, 0.4) is 0 Å². The van der Waals surface area contributed by atoms with Crippen LogP contribution in [0.1, 0.15) is 25.6 Å². The average molecular weight is 315 g/mol. The molecular weight excluding hydrogens is 302 g/mol. The largest absolute Gasteiger partial charge is 0.465 e. The first kappa shape index (κ1) is 14.3. The zero-order chi connectivity index (χ0) is 15.7. The Bertz CT molecular complexity index is 866. The van der Waals surface area contributed by atoms with E-state index in [2.05, 4.69) is 10.3 Å². The minimum atomic E-state index is -0.400. The Labute approximate surface area is 130 Å². The van der Waals surface area contributed by atoms with Gasteiger partial charge in [0.15, 0.2) is 0 Å². The SMILES string of the molecule is COC(=O)c1sc(NC(=O)c2ccc3nccn3c2)cc1C. The van der Waals surface area contributed by atoms with E-state index in [1.54, 1.807) is 48.1 Å². The molecule has 112 valence electrons. The van der Waals surface area contributed by atoms with E-state index in [0.29, 0.717) is 15.4 Å². The van der Waals surface area contributed by atoms with Gasteiger partial charge in [-0.25, -0.2) is 9.78 Å². The molecule has 0 saturated carbocycles. The molecule has 0 aliphatic heterocycles. The molecule has 3 heterocycles. The molecule has 3 rings (SSSR count). The first-order valence-corrected chi connectivity index (χ1v) is 7.33. The van der Waals surface area contributed by atoms with E-state index < -0.39 is 5.97 Å². The summed E-state index contributed by atoms with van der Waals surface area (Å²) in [5.41, 5.74) is 2.06. The second-order valence-electron chi connectivity index (χ2n) is 4.68. The molecule has 1 amide bonds. The van der Waals surface area contributed by atoms with Crippen molar-refractivity contribution in [3.05, 3.63) is 52.8 Å². The van der Waals surface area contributed by atoms with Crippen molar-refractivity contribution in [2.45, 2.75) is 6.92 Å². The topological polar surface area (TPSA) is 72.7 Å². The summed E-state index contributed by atoms with van der Waals surface area (Å²) in [6.45, 7) is 1.80. The Kier molecular flexibility index (Phi) is 3.64. The van der Waals surface area contributed by atoms with Crippen molar-refractivity contribution in [1.29, 1.82) is 0 Å². The van der Waals surface area contributed by atoms with Crippen LogP contribution in [0.2, 0.25) is 0 Å². The fourth-order valence-electron chi connectivity index (χ4n) is 2.08. The highest BCUT2D eigenvalue weighted by atomic mass is 32.1. The molecular formula is C15H13N3O3S. The number of anilines is 1. The minimum absolute atomic E-state index is 0.242. The van der Waals surface area contributed by atoms with Gasteiger partial charge in [-0.3, -0.25) is 4.79 Å². The van der Waals surface area contributed by atoms with Crippen LogP contribution in [-0.2, 0) is 4.74 Å². The maximum Gasteiger partial charge on any atom is 0.348 e. The van der Waals surface area contributed by atoms with Crippen molar-refractivity contribution in [3.63, 3.8) is 0 Å². The Morgan fingerprint density at radius 3 is 2.95 bits per heavy atom. The van der Waals surface area contributed by atoms with Crippen LogP contribution in [0.15, 0.2) is 36.8 Å². The highest BCUT2D eigenvalue weighted by molar-refractivity contribution is 7.18. The first-order valence-electron chi connectivity index (χ1n) is 6.51. The van der Waals surface area contributed by atoms with Gasteiger partial charge in [0, 0.05) is 18.6 Å². The molecule has 0 spiro atoms. The summed E-state index contributed by atoms with van der Waals surface area (Å²) in [5, 5.41) is 3.40. The lowest BCUT2D eigenvalue weighted by Crippen LogP contribution is -2.11. The maximum atomic E-state index is 12.3. The molecule has 0 aliphatic rings. The van der Waals surface area contributed by atoms with E-state index in [-0.39, 0.29) is 5.91 Å². The predicted molar refractivity (Wildman–Crippen MR) is 83.5 cm³/mol. The highest BCUT2D eigenvalue weighted by Crippen LogP contribution is 2.27. The van der Waals surface area contributed by atoms with Crippen molar-refractivity contribution in [3.8, 4) is 0 Å². The molecule has 0 bridgehead atoms. The minimum Gasteiger partial charge on any atom is -0.465 e. The number of ether oxygens (including phenoxy) is 1. The molecule has 0 radical (unpaired) electrons. The number of carbonyl (C=O) groups excluding carboxylic acids is 2. The zero-order valence-corrected chi connectivity index (χ0v) is 12.8. The van der Waals surface area contributed by atoms with Crippen molar-refractivity contribution in [2.75, 3.05) is 12.4 Å². The van der Waals surface area contributed by atoms with Crippen molar-refractivity contribution >= 4 is 33.9 Å². The number of rotatable bonds is 3. The van der Waals surface area contributed by atoms with E-state index in [1.165, 1.54) is 18.4 Å². The number of amides is 1. The van der Waals surface area contributed by atoms with Gasteiger partial charge in [-0.1, -0.05) is 0 Å². The zero-order valence-electron chi connectivity index (χ0n) is 12.0. The molecule has 0 aliphatic carbocycles. The number of hydrogen-bond acceptors (Lipinski definition) is 5. The number of hydrogen-bond donors (Lipinski definition) is 1. The van der Waals surface area contributed by atoms with E-state index in [4.69, 9.17) is 4.74 Å². The van der Waals surface area contributed by atoms with Crippen LogP contribution in [-0.4, -0.2) is 28.4 Å². The normalized spacial score (nSPS) is 10.6. The number of nitrogens with zero attached hydrogens (tertiary/aromatic N) is 2. The fourth-order valence-corrected chi connectivity index (χ4v) is 3.06. The van der Waals surface area contributed by atoms with Gasteiger partial charge in [-0.15, -0.1) is 11.3 Å².